The third kappa shape index (κ3) is 2.80. The molecule has 0 fully saturated rings. The maximum absolute atomic E-state index is 6.15. The van der Waals surface area contributed by atoms with Crippen molar-refractivity contribution in [2.75, 3.05) is 0 Å². The van der Waals surface area contributed by atoms with E-state index in [9.17, 15) is 0 Å². The van der Waals surface area contributed by atoms with Gasteiger partial charge in [0.2, 0.25) is 0 Å². The highest BCUT2D eigenvalue weighted by molar-refractivity contribution is 6.31. The second-order valence-corrected chi connectivity index (χ2v) is 4.85. The average Bonchev–Trinajstić information content (AvgIpc) is 2.91. The standard InChI is InChI=1S/C16H14ClNO/c17-15-9-5-4-8-14(15)12-18-11-10-16(19-18)13-6-2-1-3-7-13/h1-11,16H,12H2. The van der Waals surface area contributed by atoms with Gasteiger partial charge in [0.05, 0.1) is 6.54 Å². The van der Waals surface area contributed by atoms with Crippen molar-refractivity contribution >= 4 is 11.6 Å². The topological polar surface area (TPSA) is 12.5 Å². The van der Waals surface area contributed by atoms with E-state index in [-0.39, 0.29) is 6.10 Å². The molecule has 2 nitrogen and oxygen atoms in total. The van der Waals surface area contributed by atoms with Crippen LogP contribution in [0.2, 0.25) is 5.02 Å². The minimum absolute atomic E-state index is 0.0105. The highest BCUT2D eigenvalue weighted by Gasteiger charge is 2.19. The van der Waals surface area contributed by atoms with Gasteiger partial charge in [0.25, 0.3) is 0 Å². The molecular formula is C16H14ClNO. The maximum Gasteiger partial charge on any atom is 0.131 e. The number of halogens is 1. The summed E-state index contributed by atoms with van der Waals surface area (Å²) in [5.41, 5.74) is 2.21. The lowest BCUT2D eigenvalue weighted by molar-refractivity contribution is -0.137. The molecule has 0 aromatic heterocycles. The first-order valence-corrected chi connectivity index (χ1v) is 6.61. The van der Waals surface area contributed by atoms with Crippen molar-refractivity contribution in [1.29, 1.82) is 0 Å². The molecule has 0 spiro atoms. The first-order chi connectivity index (χ1) is 9.33. The number of nitrogens with zero attached hydrogens (tertiary/aromatic N) is 1. The van der Waals surface area contributed by atoms with E-state index < -0.39 is 0 Å². The first kappa shape index (κ1) is 12.3. The van der Waals surface area contributed by atoms with Crippen molar-refractivity contribution in [1.82, 2.24) is 5.06 Å². The van der Waals surface area contributed by atoms with Gasteiger partial charge in [0.15, 0.2) is 0 Å². The van der Waals surface area contributed by atoms with Crippen molar-refractivity contribution in [2.24, 2.45) is 0 Å². The molecule has 19 heavy (non-hydrogen) atoms. The summed E-state index contributed by atoms with van der Waals surface area (Å²) in [6.45, 7) is 0.652. The van der Waals surface area contributed by atoms with Gasteiger partial charge in [-0.1, -0.05) is 60.1 Å². The summed E-state index contributed by atoms with van der Waals surface area (Å²) in [6, 6.07) is 18.0. The molecule has 0 radical (unpaired) electrons. The Kier molecular flexibility index (Phi) is 3.53. The number of rotatable bonds is 3. The summed E-state index contributed by atoms with van der Waals surface area (Å²) < 4.78 is 0. The van der Waals surface area contributed by atoms with Gasteiger partial charge < -0.3 is 0 Å². The van der Waals surface area contributed by atoms with Crippen molar-refractivity contribution < 1.29 is 4.84 Å². The molecule has 1 aliphatic rings. The lowest BCUT2D eigenvalue weighted by atomic mass is 10.1. The fourth-order valence-corrected chi connectivity index (χ4v) is 2.28. The normalized spacial score (nSPS) is 17.9. The summed E-state index contributed by atoms with van der Waals surface area (Å²) in [4.78, 5) is 5.87. The fourth-order valence-electron chi connectivity index (χ4n) is 2.09. The van der Waals surface area contributed by atoms with Gasteiger partial charge in [-0.2, -0.15) is 0 Å². The Bertz CT molecular complexity index is 582. The predicted octanol–water partition coefficient (Wildman–Crippen LogP) is 4.34. The van der Waals surface area contributed by atoms with E-state index >= 15 is 0 Å². The van der Waals surface area contributed by atoms with Crippen LogP contribution in [0.4, 0.5) is 0 Å². The van der Waals surface area contributed by atoms with E-state index in [0.717, 1.165) is 16.1 Å². The second kappa shape index (κ2) is 5.47. The largest absolute Gasteiger partial charge is 0.261 e. The maximum atomic E-state index is 6.15. The van der Waals surface area contributed by atoms with E-state index in [0.29, 0.717) is 6.54 Å². The zero-order chi connectivity index (χ0) is 13.1. The van der Waals surface area contributed by atoms with Gasteiger partial charge in [-0.05, 0) is 23.3 Å². The lowest BCUT2D eigenvalue weighted by Gasteiger charge is -2.18. The van der Waals surface area contributed by atoms with E-state index in [1.807, 2.05) is 59.8 Å². The minimum atomic E-state index is -0.0105. The highest BCUT2D eigenvalue weighted by atomic mass is 35.5. The van der Waals surface area contributed by atoms with Crippen molar-refractivity contribution in [3.8, 4) is 0 Å². The highest BCUT2D eigenvalue weighted by Crippen LogP contribution is 2.28. The molecule has 3 heteroatoms. The van der Waals surface area contributed by atoms with E-state index in [4.69, 9.17) is 16.4 Å². The fraction of sp³-hybridized carbons (Fsp3) is 0.125. The number of hydrogen-bond donors (Lipinski definition) is 0. The zero-order valence-corrected chi connectivity index (χ0v) is 11.1. The molecule has 1 aliphatic heterocycles. The molecule has 1 unspecified atom stereocenters. The lowest BCUT2D eigenvalue weighted by Crippen LogP contribution is -2.14. The van der Waals surface area contributed by atoms with Crippen LogP contribution in [-0.4, -0.2) is 5.06 Å². The quantitative estimate of drug-likeness (QED) is 0.823. The summed E-state index contributed by atoms with van der Waals surface area (Å²) in [5.74, 6) is 0. The Morgan fingerprint density at radius 3 is 2.53 bits per heavy atom. The molecule has 0 bridgehead atoms. The van der Waals surface area contributed by atoms with Crippen LogP contribution in [-0.2, 0) is 11.4 Å². The minimum Gasteiger partial charge on any atom is -0.261 e. The Labute approximate surface area is 117 Å². The summed E-state index contributed by atoms with van der Waals surface area (Å²) in [7, 11) is 0. The molecular weight excluding hydrogens is 258 g/mol. The van der Waals surface area contributed by atoms with Gasteiger partial charge in [0.1, 0.15) is 6.10 Å². The SMILES string of the molecule is Clc1ccccc1CN1C=CC(c2ccccc2)O1. The predicted molar refractivity (Wildman–Crippen MR) is 76.4 cm³/mol. The monoisotopic (exact) mass is 271 g/mol. The van der Waals surface area contributed by atoms with Gasteiger partial charge in [-0.3, -0.25) is 9.90 Å². The van der Waals surface area contributed by atoms with Gasteiger partial charge in [-0.15, -0.1) is 0 Å². The summed E-state index contributed by atoms with van der Waals surface area (Å²) in [5, 5.41) is 2.58. The Morgan fingerprint density at radius 2 is 1.74 bits per heavy atom. The number of benzene rings is 2. The molecule has 1 atom stereocenters. The van der Waals surface area contributed by atoms with E-state index in [2.05, 4.69) is 12.1 Å². The average molecular weight is 272 g/mol. The van der Waals surface area contributed by atoms with Gasteiger partial charge >= 0.3 is 0 Å². The van der Waals surface area contributed by atoms with Crippen LogP contribution in [0.25, 0.3) is 0 Å². The van der Waals surface area contributed by atoms with E-state index in [1.165, 1.54) is 0 Å². The third-order valence-corrected chi connectivity index (χ3v) is 3.46. The van der Waals surface area contributed by atoms with E-state index in [1.54, 1.807) is 0 Å². The van der Waals surface area contributed by atoms with Crippen LogP contribution in [0.15, 0.2) is 66.9 Å². The second-order valence-electron chi connectivity index (χ2n) is 4.44. The molecule has 1 heterocycles. The smallest absolute Gasteiger partial charge is 0.131 e. The molecule has 0 saturated carbocycles. The Hall–Kier alpha value is -1.77. The van der Waals surface area contributed by atoms with Crippen molar-refractivity contribution in [2.45, 2.75) is 12.6 Å². The van der Waals surface area contributed by atoms with Gasteiger partial charge in [-0.25, -0.2) is 0 Å². The number of hydrogen-bond acceptors (Lipinski definition) is 2. The third-order valence-electron chi connectivity index (χ3n) is 3.09. The van der Waals surface area contributed by atoms with Crippen molar-refractivity contribution in [3.63, 3.8) is 0 Å². The Balaban J connectivity index is 1.68. The van der Waals surface area contributed by atoms with Crippen LogP contribution in [0, 0.1) is 0 Å². The van der Waals surface area contributed by atoms with Crippen LogP contribution in [0.1, 0.15) is 17.2 Å². The summed E-state index contributed by atoms with van der Waals surface area (Å²) >= 11 is 6.15. The molecule has 2 aromatic rings. The molecule has 96 valence electrons. The number of hydroxylamine groups is 2. The molecule has 0 saturated heterocycles. The molecule has 3 rings (SSSR count). The van der Waals surface area contributed by atoms with Crippen LogP contribution < -0.4 is 0 Å². The first-order valence-electron chi connectivity index (χ1n) is 6.23. The van der Waals surface area contributed by atoms with Crippen LogP contribution >= 0.6 is 11.6 Å². The molecule has 0 N–H and O–H groups in total. The molecule has 0 amide bonds. The zero-order valence-electron chi connectivity index (χ0n) is 10.4. The van der Waals surface area contributed by atoms with Crippen LogP contribution in [0.3, 0.4) is 0 Å². The van der Waals surface area contributed by atoms with Gasteiger partial charge in [0, 0.05) is 11.2 Å². The molecule has 2 aromatic carbocycles. The van der Waals surface area contributed by atoms with Crippen molar-refractivity contribution in [3.05, 3.63) is 83.0 Å². The molecule has 0 aliphatic carbocycles. The Morgan fingerprint density at radius 1 is 1.00 bits per heavy atom. The van der Waals surface area contributed by atoms with Crippen LogP contribution in [0.5, 0.6) is 0 Å². The summed E-state index contributed by atoms with van der Waals surface area (Å²) in [6.07, 6.45) is 4.00.